The van der Waals surface area contributed by atoms with Crippen LogP contribution in [0.2, 0.25) is 5.32 Å². The Kier molecular flexibility index (Phi) is 4.33. The van der Waals surface area contributed by atoms with Crippen molar-refractivity contribution >= 4 is 44.5 Å². The predicted molar refractivity (Wildman–Crippen MR) is 86.2 cm³/mol. The first kappa shape index (κ1) is 17.3. The third-order valence-corrected chi connectivity index (χ3v) is 6.70. The van der Waals surface area contributed by atoms with Crippen molar-refractivity contribution in [1.29, 1.82) is 0 Å². The maximum atomic E-state index is 11.6. The van der Waals surface area contributed by atoms with E-state index in [0.29, 0.717) is 15.9 Å². The van der Waals surface area contributed by atoms with E-state index >= 15 is 0 Å². The minimum atomic E-state index is -4.18. The Hall–Kier alpha value is -1.10. The maximum absolute atomic E-state index is 11.6. The topological polar surface area (TPSA) is 155 Å². The molecule has 0 spiro atoms. The van der Waals surface area contributed by atoms with Crippen LogP contribution in [-0.2, 0) is 18.3 Å². The number of aliphatic hydroxyl groups is 1. The van der Waals surface area contributed by atoms with Crippen LogP contribution in [0.4, 0.5) is 5.82 Å². The zero-order chi connectivity index (χ0) is 17.8. The molecule has 25 heavy (non-hydrogen) atoms. The molecule has 2 aromatic rings. The van der Waals surface area contributed by atoms with Gasteiger partial charge in [0.1, 0.15) is 0 Å². The average Bonchev–Trinajstić information content (AvgIpc) is 3.06. The van der Waals surface area contributed by atoms with Crippen LogP contribution in [0.1, 0.15) is 13.2 Å². The van der Waals surface area contributed by atoms with Crippen LogP contribution >= 0.6 is 7.82 Å². The molecule has 2 aliphatic heterocycles. The quantitative estimate of drug-likeness (QED) is 0.401. The molecule has 5 atom stereocenters. The Morgan fingerprint density at radius 3 is 3.08 bits per heavy atom. The van der Waals surface area contributed by atoms with Gasteiger partial charge in [-0.05, 0) is 0 Å². The minimum absolute atomic E-state index is 0.00634. The molecule has 13 heteroatoms. The summed E-state index contributed by atoms with van der Waals surface area (Å²) >= 11 is -0.00634. The molecule has 2 saturated heterocycles. The van der Waals surface area contributed by atoms with Crippen LogP contribution in [0.25, 0.3) is 11.2 Å². The fourth-order valence-corrected chi connectivity index (χ4v) is 5.44. The number of ether oxygens (including phenoxy) is 1. The third kappa shape index (κ3) is 2.88. The molecule has 2 aromatic heterocycles. The summed E-state index contributed by atoms with van der Waals surface area (Å²) in [6.07, 6.45) is -2.40. The van der Waals surface area contributed by atoms with Gasteiger partial charge in [0.05, 0.1) is 0 Å². The van der Waals surface area contributed by atoms with Gasteiger partial charge in [-0.15, -0.1) is 0 Å². The van der Waals surface area contributed by atoms with Crippen LogP contribution < -0.4 is 10.5 Å². The normalized spacial score (nSPS) is 35.2. The molecule has 2 fully saturated rings. The number of anilines is 1. The Morgan fingerprint density at radius 2 is 2.32 bits per heavy atom. The zero-order valence-corrected chi connectivity index (χ0v) is 15.7. The zero-order valence-electron chi connectivity index (χ0n) is 13.1. The molecule has 136 valence electrons. The predicted octanol–water partition coefficient (Wildman–Crippen LogP) is -1.05. The molecule has 4 heterocycles. The molecule has 0 amide bonds. The molecule has 0 bridgehead atoms. The first-order valence-corrected chi connectivity index (χ1v) is 11.1. The van der Waals surface area contributed by atoms with Crippen molar-refractivity contribution in [1.82, 2.24) is 19.5 Å². The molecule has 11 nitrogen and oxygen atoms in total. The van der Waals surface area contributed by atoms with Gasteiger partial charge in [0.15, 0.2) is 0 Å². The van der Waals surface area contributed by atoms with Gasteiger partial charge in [-0.1, -0.05) is 0 Å². The van der Waals surface area contributed by atoms with Crippen LogP contribution in [-0.4, -0.2) is 69.4 Å². The summed E-state index contributed by atoms with van der Waals surface area (Å²) in [5.41, 5.74) is 6.75. The number of nitrogens with zero attached hydrogens (tertiary/aromatic N) is 4. The van der Waals surface area contributed by atoms with Crippen molar-refractivity contribution in [3.8, 4) is 0 Å². The van der Waals surface area contributed by atoms with E-state index in [1.165, 1.54) is 6.33 Å². The number of phosphoric acid groups is 1. The van der Waals surface area contributed by atoms with Crippen molar-refractivity contribution < 1.29 is 28.3 Å². The van der Waals surface area contributed by atoms with Crippen molar-refractivity contribution in [2.45, 2.75) is 36.8 Å². The van der Waals surface area contributed by atoms with E-state index in [1.54, 1.807) is 4.57 Å². The van der Waals surface area contributed by atoms with Gasteiger partial charge in [0.25, 0.3) is 0 Å². The van der Waals surface area contributed by atoms with Gasteiger partial charge in [0.2, 0.25) is 0 Å². The van der Waals surface area contributed by atoms with E-state index in [0.717, 1.165) is 5.32 Å². The number of phosphoric ester groups is 1. The number of hydrogen-bond acceptors (Lipinski definition) is 9. The molecular weight excluding hydrogens is 420 g/mol. The number of aliphatic hydroxyl groups excluding tert-OH is 1. The van der Waals surface area contributed by atoms with Crippen LogP contribution in [0.15, 0.2) is 6.33 Å². The Bertz CT molecular complexity index is 864. The van der Waals surface area contributed by atoms with E-state index in [4.69, 9.17) is 19.5 Å². The first-order valence-electron chi connectivity index (χ1n) is 7.51. The second kappa shape index (κ2) is 6.26. The number of aromatic nitrogens is 4. The van der Waals surface area contributed by atoms with E-state index in [-0.39, 0.29) is 27.4 Å². The van der Waals surface area contributed by atoms with Gasteiger partial charge < -0.3 is 0 Å². The number of imidazole rings is 1. The third-order valence-electron chi connectivity index (χ3n) is 3.97. The summed E-state index contributed by atoms with van der Waals surface area (Å²) in [4.78, 5) is 22.2. The second-order valence-electron chi connectivity index (χ2n) is 5.52. The summed E-state index contributed by atoms with van der Waals surface area (Å²) in [6.45, 7) is 1.87. The van der Waals surface area contributed by atoms with E-state index in [2.05, 4.69) is 15.0 Å². The van der Waals surface area contributed by atoms with Gasteiger partial charge in [-0.25, -0.2) is 0 Å². The van der Waals surface area contributed by atoms with Gasteiger partial charge in [-0.2, -0.15) is 0 Å². The van der Waals surface area contributed by atoms with Crippen LogP contribution in [0.3, 0.4) is 0 Å². The summed E-state index contributed by atoms with van der Waals surface area (Å²) in [5.74, 6) is 0.237. The number of fused-ring (bicyclic) bond motifs is 2. The van der Waals surface area contributed by atoms with E-state index in [1.807, 2.05) is 6.92 Å². The first-order chi connectivity index (χ1) is 11.9. The van der Waals surface area contributed by atoms with E-state index < -0.39 is 32.4 Å². The Labute approximate surface area is 148 Å². The standard InChI is InChI=1S/C12H16N5O6PSe/c1-2-25-12-16-6-9(13)14-4-15-10(6)17(12)11-7(18)8-5(22-11)3-21-24(19,20)23-8/h4-5,7-8,11,18H,2-3H2,1H3,(H,19,20)(H2,13,14,15)/t5-,7-,8-,11-/m1/s1. The molecule has 0 radical (unpaired) electrons. The Morgan fingerprint density at radius 1 is 1.52 bits per heavy atom. The number of rotatable bonds is 3. The number of nitrogen functional groups attached to an aromatic ring is 1. The molecule has 0 aromatic carbocycles. The van der Waals surface area contributed by atoms with Crippen molar-refractivity contribution in [2.24, 2.45) is 0 Å². The van der Waals surface area contributed by atoms with Crippen LogP contribution in [0, 0.1) is 0 Å². The van der Waals surface area contributed by atoms with Gasteiger partial charge >= 0.3 is 148 Å². The summed E-state index contributed by atoms with van der Waals surface area (Å²) in [5, 5.41) is 11.5. The van der Waals surface area contributed by atoms with Crippen molar-refractivity contribution in [2.75, 3.05) is 12.3 Å². The molecule has 1 unspecified atom stereocenters. The van der Waals surface area contributed by atoms with E-state index in [9.17, 15) is 14.6 Å². The molecular formula is C12H16N5O6PSe. The SMILES string of the molecule is CC[Se]c1nc2c(N)ncnc2n1[C@@H]1O[C@@H]2COP(=O)(O)O[C@H]2[C@H]1O. The molecule has 0 saturated carbocycles. The number of nitrogens with two attached hydrogens (primary N) is 1. The molecule has 2 aliphatic rings. The van der Waals surface area contributed by atoms with Crippen molar-refractivity contribution in [3.63, 3.8) is 0 Å². The summed E-state index contributed by atoms with van der Waals surface area (Å²) in [6, 6.07) is 0. The average molecular weight is 436 g/mol. The fraction of sp³-hybridized carbons (Fsp3) is 0.583. The van der Waals surface area contributed by atoms with Crippen LogP contribution in [0.5, 0.6) is 0 Å². The fourth-order valence-electron chi connectivity index (χ4n) is 2.92. The Balaban J connectivity index is 1.78. The summed E-state index contributed by atoms with van der Waals surface area (Å²) in [7, 11) is -4.18. The molecule has 4 rings (SSSR count). The molecule has 0 aliphatic carbocycles. The molecule has 4 N–H and O–H groups in total. The van der Waals surface area contributed by atoms with Gasteiger partial charge in [0, 0.05) is 0 Å². The monoisotopic (exact) mass is 437 g/mol. The number of hydrogen-bond donors (Lipinski definition) is 3. The van der Waals surface area contributed by atoms with Gasteiger partial charge in [-0.3, -0.25) is 0 Å². The summed E-state index contributed by atoms with van der Waals surface area (Å²) < 4.78 is 29.6. The second-order valence-corrected chi connectivity index (χ2v) is 9.51. The van der Waals surface area contributed by atoms with Crippen molar-refractivity contribution in [3.05, 3.63) is 6.33 Å².